The zero-order valence-corrected chi connectivity index (χ0v) is 14.5. The summed E-state index contributed by atoms with van der Waals surface area (Å²) in [6, 6.07) is 2.30. The standard InChI is InChI=1S/C15H10F9N5O/c1-30-11-10(25-6-4-2-3-5(7(6)16)14(19,20)21)26-8-9(27-11)29-12(28-8)13(17,18)15(22,23)24/h2-4,12H,1H3,(H,27,29)(H2,25,26,28). The lowest BCUT2D eigenvalue weighted by Crippen LogP contribution is -2.52. The van der Waals surface area contributed by atoms with Crippen LogP contribution < -0.4 is 20.7 Å². The maximum atomic E-state index is 14.2. The minimum atomic E-state index is -5.90. The third-order valence-corrected chi connectivity index (χ3v) is 3.92. The van der Waals surface area contributed by atoms with Gasteiger partial charge in [-0.25, -0.2) is 9.37 Å². The van der Waals surface area contributed by atoms with Crippen LogP contribution in [0.25, 0.3) is 0 Å². The van der Waals surface area contributed by atoms with Gasteiger partial charge in [-0.3, -0.25) is 0 Å². The molecule has 3 rings (SSSR count). The highest BCUT2D eigenvalue weighted by atomic mass is 19.4. The molecular formula is C15H10F9N5O. The minimum absolute atomic E-state index is 0.488. The monoisotopic (exact) mass is 447 g/mol. The molecule has 1 unspecified atom stereocenters. The van der Waals surface area contributed by atoms with Crippen LogP contribution in [0.1, 0.15) is 5.56 Å². The van der Waals surface area contributed by atoms with Crippen LogP contribution in [0.15, 0.2) is 18.2 Å². The van der Waals surface area contributed by atoms with Crippen LogP contribution >= 0.6 is 0 Å². The van der Waals surface area contributed by atoms with E-state index in [0.29, 0.717) is 6.07 Å². The van der Waals surface area contributed by atoms with Crippen molar-refractivity contribution in [3.8, 4) is 5.88 Å². The Morgan fingerprint density at radius 1 is 0.967 bits per heavy atom. The fraction of sp³-hybridized carbons (Fsp3) is 0.333. The van der Waals surface area contributed by atoms with Crippen molar-refractivity contribution in [1.82, 2.24) is 9.97 Å². The summed E-state index contributed by atoms with van der Waals surface area (Å²) in [4.78, 5) is 7.33. The first-order valence-corrected chi connectivity index (χ1v) is 7.82. The van der Waals surface area contributed by atoms with Gasteiger partial charge in [0, 0.05) is 0 Å². The normalized spacial score (nSPS) is 16.5. The van der Waals surface area contributed by atoms with E-state index in [9.17, 15) is 39.5 Å². The summed E-state index contributed by atoms with van der Waals surface area (Å²) in [5.74, 6) is -9.06. The van der Waals surface area contributed by atoms with Crippen LogP contribution in [0.2, 0.25) is 0 Å². The Morgan fingerprint density at radius 2 is 1.57 bits per heavy atom. The molecule has 0 aliphatic carbocycles. The Balaban J connectivity index is 1.95. The molecule has 3 N–H and O–H groups in total. The molecule has 2 heterocycles. The summed E-state index contributed by atoms with van der Waals surface area (Å²) in [5, 5.41) is 5.75. The number of fused-ring (bicyclic) bond motifs is 1. The molecule has 0 radical (unpaired) electrons. The maximum Gasteiger partial charge on any atom is 0.457 e. The Hall–Kier alpha value is -3.13. The molecule has 30 heavy (non-hydrogen) atoms. The second kappa shape index (κ2) is 6.98. The van der Waals surface area contributed by atoms with Gasteiger partial charge in [0.1, 0.15) is 0 Å². The highest BCUT2D eigenvalue weighted by molar-refractivity contribution is 5.73. The van der Waals surface area contributed by atoms with Crippen molar-refractivity contribution in [1.29, 1.82) is 0 Å². The number of hydrogen-bond donors (Lipinski definition) is 3. The van der Waals surface area contributed by atoms with E-state index in [1.807, 2.05) is 0 Å². The molecule has 1 atom stereocenters. The number of alkyl halides is 8. The van der Waals surface area contributed by atoms with Gasteiger partial charge in [-0.2, -0.15) is 40.1 Å². The highest BCUT2D eigenvalue weighted by Gasteiger charge is 2.64. The van der Waals surface area contributed by atoms with E-state index in [1.54, 1.807) is 10.6 Å². The van der Waals surface area contributed by atoms with E-state index < -0.39 is 64.8 Å². The van der Waals surface area contributed by atoms with Crippen molar-refractivity contribution >= 4 is 23.1 Å². The van der Waals surface area contributed by atoms with Crippen LogP contribution in [0.5, 0.6) is 5.88 Å². The molecule has 6 nitrogen and oxygen atoms in total. The molecule has 1 aliphatic heterocycles. The van der Waals surface area contributed by atoms with Gasteiger partial charge in [0.15, 0.2) is 29.4 Å². The second-order valence-corrected chi connectivity index (χ2v) is 5.91. The number of hydrogen-bond acceptors (Lipinski definition) is 6. The zero-order chi connectivity index (χ0) is 22.5. The number of benzene rings is 1. The second-order valence-electron chi connectivity index (χ2n) is 5.91. The first-order valence-electron chi connectivity index (χ1n) is 7.82. The number of methoxy groups -OCH3 is 1. The molecule has 164 valence electrons. The molecule has 0 saturated carbocycles. The molecule has 2 aromatic rings. The Morgan fingerprint density at radius 3 is 2.10 bits per heavy atom. The van der Waals surface area contributed by atoms with Crippen LogP contribution in [-0.2, 0) is 6.18 Å². The molecule has 1 aromatic carbocycles. The van der Waals surface area contributed by atoms with Crippen molar-refractivity contribution < 1.29 is 44.3 Å². The number of rotatable bonds is 4. The number of halogens is 9. The predicted molar refractivity (Wildman–Crippen MR) is 85.3 cm³/mol. The van der Waals surface area contributed by atoms with Crippen molar-refractivity contribution in [2.45, 2.75) is 24.4 Å². The van der Waals surface area contributed by atoms with Gasteiger partial charge < -0.3 is 20.7 Å². The summed E-state index contributed by atoms with van der Waals surface area (Å²) in [5.41, 5.74) is -2.30. The first-order chi connectivity index (χ1) is 13.8. The van der Waals surface area contributed by atoms with Crippen LogP contribution in [0, 0.1) is 5.82 Å². The lowest BCUT2D eigenvalue weighted by Gasteiger charge is -2.25. The van der Waals surface area contributed by atoms with E-state index in [2.05, 4.69) is 15.3 Å². The first kappa shape index (κ1) is 21.6. The van der Waals surface area contributed by atoms with Gasteiger partial charge in [0.25, 0.3) is 5.88 Å². The summed E-state index contributed by atoms with van der Waals surface area (Å²) >= 11 is 0. The quantitative estimate of drug-likeness (QED) is 0.588. The highest BCUT2D eigenvalue weighted by Crippen LogP contribution is 2.43. The maximum absolute atomic E-state index is 14.2. The number of nitrogens with zero attached hydrogens (tertiary/aromatic N) is 2. The molecule has 1 aliphatic rings. The molecule has 0 fully saturated rings. The van der Waals surface area contributed by atoms with Crippen molar-refractivity contribution in [3.63, 3.8) is 0 Å². The van der Waals surface area contributed by atoms with E-state index in [-0.39, 0.29) is 0 Å². The van der Waals surface area contributed by atoms with Gasteiger partial charge >= 0.3 is 18.3 Å². The minimum Gasteiger partial charge on any atom is -0.478 e. The smallest absolute Gasteiger partial charge is 0.457 e. The van der Waals surface area contributed by atoms with Crippen LogP contribution in [0.4, 0.5) is 62.7 Å². The lowest BCUT2D eigenvalue weighted by molar-refractivity contribution is -0.284. The fourth-order valence-electron chi connectivity index (χ4n) is 2.47. The zero-order valence-electron chi connectivity index (χ0n) is 14.5. The van der Waals surface area contributed by atoms with Gasteiger partial charge in [-0.05, 0) is 12.1 Å². The number of aromatic nitrogens is 2. The lowest BCUT2D eigenvalue weighted by atomic mass is 10.1. The largest absolute Gasteiger partial charge is 0.478 e. The number of ether oxygens (including phenoxy) is 1. The summed E-state index contributed by atoms with van der Waals surface area (Å²) < 4.78 is 122. The van der Waals surface area contributed by atoms with E-state index in [0.717, 1.165) is 19.2 Å². The van der Waals surface area contributed by atoms with Crippen LogP contribution in [-0.4, -0.2) is 35.3 Å². The SMILES string of the molecule is COc1nc2c(nc1Nc1cccc(C(F)(F)F)c1F)NC(C(F)(F)C(F)(F)F)N2. The van der Waals surface area contributed by atoms with Gasteiger partial charge in [-0.1, -0.05) is 6.07 Å². The third-order valence-electron chi connectivity index (χ3n) is 3.92. The van der Waals surface area contributed by atoms with E-state index in [1.165, 1.54) is 0 Å². The Bertz CT molecular complexity index is 961. The van der Waals surface area contributed by atoms with E-state index in [4.69, 9.17) is 4.74 Å². The average Bonchev–Trinajstić information content (AvgIpc) is 3.04. The van der Waals surface area contributed by atoms with Gasteiger partial charge in [-0.15, -0.1) is 0 Å². The molecule has 0 bridgehead atoms. The summed E-state index contributed by atoms with van der Waals surface area (Å²) in [6.07, 6.45) is -13.6. The van der Waals surface area contributed by atoms with Crippen molar-refractivity contribution in [2.24, 2.45) is 0 Å². The van der Waals surface area contributed by atoms with E-state index >= 15 is 0 Å². The Labute approximate surface area is 161 Å². The molecule has 15 heteroatoms. The predicted octanol–water partition coefficient (Wildman–Crippen LogP) is 4.75. The molecule has 0 amide bonds. The molecule has 0 spiro atoms. The topological polar surface area (TPSA) is 71.1 Å². The third kappa shape index (κ3) is 3.70. The summed E-state index contributed by atoms with van der Waals surface area (Å²) in [6.45, 7) is 0. The summed E-state index contributed by atoms with van der Waals surface area (Å²) in [7, 11) is 1.02. The average molecular weight is 447 g/mol. The fourth-order valence-corrected chi connectivity index (χ4v) is 2.47. The van der Waals surface area contributed by atoms with Gasteiger partial charge in [0.05, 0.1) is 18.4 Å². The Kier molecular flexibility index (Phi) is 5.02. The van der Waals surface area contributed by atoms with Gasteiger partial charge in [0.2, 0.25) is 0 Å². The number of nitrogens with one attached hydrogen (secondary N) is 3. The van der Waals surface area contributed by atoms with Crippen molar-refractivity contribution in [2.75, 3.05) is 23.1 Å². The van der Waals surface area contributed by atoms with Crippen LogP contribution in [0.3, 0.4) is 0 Å². The molecule has 1 aromatic heterocycles. The molecular weight excluding hydrogens is 437 g/mol. The number of anilines is 4. The molecule has 0 saturated heterocycles. The van der Waals surface area contributed by atoms with Crippen molar-refractivity contribution in [3.05, 3.63) is 29.6 Å².